The maximum atomic E-state index is 3.54. The molecule has 0 heterocycles. The Kier molecular flexibility index (Phi) is 24.4. The normalized spacial score (nSPS) is 7.27. The Labute approximate surface area is 72.3 Å². The molecule has 66 valence electrons. The lowest BCUT2D eigenvalue weighted by Crippen LogP contribution is -1.56. The Morgan fingerprint density at radius 2 is 1.55 bits per heavy atom. The average molecular weight is 154 g/mol. The fourth-order valence-corrected chi connectivity index (χ4v) is 0.327. The highest BCUT2D eigenvalue weighted by Gasteiger charge is 1.66. The van der Waals surface area contributed by atoms with Gasteiger partial charge < -0.3 is 0 Å². The minimum Gasteiger partial charge on any atom is -0.0991 e. The van der Waals surface area contributed by atoms with E-state index in [1.54, 1.807) is 6.08 Å². The van der Waals surface area contributed by atoms with Crippen molar-refractivity contribution in [2.45, 2.75) is 35.1 Å². The van der Waals surface area contributed by atoms with Gasteiger partial charge in [0.2, 0.25) is 0 Å². The molecule has 0 nitrogen and oxygen atoms in total. The molecule has 0 aromatic carbocycles. The third-order valence-corrected chi connectivity index (χ3v) is 0.677. The fourth-order valence-electron chi connectivity index (χ4n) is 0.327. The summed E-state index contributed by atoms with van der Waals surface area (Å²) in [7, 11) is 0. The second kappa shape index (κ2) is 16.1. The van der Waals surface area contributed by atoms with Crippen LogP contribution in [0, 0.1) is 0 Å². The third-order valence-electron chi connectivity index (χ3n) is 0.677. The lowest BCUT2D eigenvalue weighted by Gasteiger charge is -1.78. The molecule has 0 heteroatoms. The molecule has 0 aliphatic rings. The first-order chi connectivity index (χ1) is 4.77. The van der Waals surface area contributed by atoms with Gasteiger partial charge in [-0.25, -0.2) is 0 Å². The smallest absolute Gasteiger partial charge is 0.0439 e. The van der Waals surface area contributed by atoms with Crippen LogP contribution in [0.3, 0.4) is 0 Å². The van der Waals surface area contributed by atoms with Crippen LogP contribution in [0.15, 0.2) is 36.5 Å². The number of rotatable bonds is 2. The van der Waals surface area contributed by atoms with Crippen LogP contribution < -0.4 is 0 Å². The molecular weight excluding hydrogens is 132 g/mol. The van der Waals surface area contributed by atoms with Crippen molar-refractivity contribution >= 4 is 0 Å². The Hall–Kier alpha value is -0.780. The highest BCUT2D eigenvalue weighted by Crippen LogP contribution is 1.87. The van der Waals surface area contributed by atoms with E-state index in [1.165, 1.54) is 5.57 Å². The maximum Gasteiger partial charge on any atom is -0.0439 e. The molecule has 0 aliphatic carbocycles. The predicted octanol–water partition coefficient (Wildman–Crippen LogP) is 4.36. The van der Waals surface area contributed by atoms with Crippen molar-refractivity contribution in [1.29, 1.82) is 0 Å². The molecule has 0 bridgehead atoms. The van der Waals surface area contributed by atoms with E-state index in [1.807, 2.05) is 32.1 Å². The van der Waals surface area contributed by atoms with Crippen molar-refractivity contribution in [3.63, 3.8) is 0 Å². The molecule has 0 spiro atoms. The van der Waals surface area contributed by atoms with E-state index in [0.717, 1.165) is 0 Å². The monoisotopic (exact) mass is 154 g/mol. The molecule has 0 aromatic rings. The van der Waals surface area contributed by atoms with E-state index in [2.05, 4.69) is 20.4 Å². The van der Waals surface area contributed by atoms with E-state index in [4.69, 9.17) is 0 Å². The van der Waals surface area contributed by atoms with Crippen LogP contribution in [0.5, 0.6) is 0 Å². The Morgan fingerprint density at radius 3 is 1.82 bits per heavy atom. The third kappa shape index (κ3) is 27.0. The summed E-state index contributed by atoms with van der Waals surface area (Å²) in [6.07, 6.45) is 7.69. The van der Waals surface area contributed by atoms with Gasteiger partial charge in [0.05, 0.1) is 0 Å². The van der Waals surface area contributed by atoms with E-state index in [-0.39, 0.29) is 7.43 Å². The zero-order valence-corrected chi connectivity index (χ0v) is 7.52. The van der Waals surface area contributed by atoms with Gasteiger partial charge in [-0.15, -0.1) is 0 Å². The van der Waals surface area contributed by atoms with Gasteiger partial charge in [-0.1, -0.05) is 57.7 Å². The quantitative estimate of drug-likeness (QED) is 0.518. The standard InChI is InChI=1S/C8H12.C2H6.CH4/c1-4-5-6-7-8(2)3;1-2;/h4-7H,1H2,2-3H3;1-2H3;1H4/b6-5-;;. The minimum atomic E-state index is 0. The molecule has 0 saturated heterocycles. The van der Waals surface area contributed by atoms with Crippen molar-refractivity contribution in [3.05, 3.63) is 36.5 Å². The van der Waals surface area contributed by atoms with Gasteiger partial charge in [-0.2, -0.15) is 0 Å². The van der Waals surface area contributed by atoms with Crippen LogP contribution in [-0.4, -0.2) is 0 Å². The minimum absolute atomic E-state index is 0. The molecular formula is C11H22. The van der Waals surface area contributed by atoms with E-state index in [9.17, 15) is 0 Å². The van der Waals surface area contributed by atoms with E-state index in [0.29, 0.717) is 0 Å². The first-order valence-corrected chi connectivity index (χ1v) is 3.70. The number of hydrogen-bond acceptors (Lipinski definition) is 0. The number of allylic oxidation sites excluding steroid dienone is 5. The summed E-state index contributed by atoms with van der Waals surface area (Å²) in [5, 5.41) is 0. The zero-order chi connectivity index (χ0) is 8.41. The number of hydrogen-bond donors (Lipinski definition) is 0. The highest BCUT2D eigenvalue weighted by atomic mass is 13.7. The molecule has 0 atom stereocenters. The summed E-state index contributed by atoms with van der Waals surface area (Å²) in [4.78, 5) is 0. The van der Waals surface area contributed by atoms with Crippen LogP contribution >= 0.6 is 0 Å². The molecule has 0 saturated carbocycles. The van der Waals surface area contributed by atoms with Crippen LogP contribution in [-0.2, 0) is 0 Å². The van der Waals surface area contributed by atoms with Gasteiger partial charge >= 0.3 is 0 Å². The summed E-state index contributed by atoms with van der Waals surface area (Å²) in [5.41, 5.74) is 1.31. The molecule has 11 heavy (non-hydrogen) atoms. The van der Waals surface area contributed by atoms with Gasteiger partial charge in [0.1, 0.15) is 0 Å². The Balaban J connectivity index is -0.000000196. The Bertz CT molecular complexity index is 112. The molecule has 0 rings (SSSR count). The second-order valence-corrected chi connectivity index (χ2v) is 1.86. The summed E-state index contributed by atoms with van der Waals surface area (Å²) < 4.78 is 0. The van der Waals surface area contributed by atoms with Crippen LogP contribution in [0.1, 0.15) is 35.1 Å². The molecule has 0 unspecified atom stereocenters. The summed E-state index contributed by atoms with van der Waals surface area (Å²) in [6.45, 7) is 11.7. The van der Waals surface area contributed by atoms with E-state index < -0.39 is 0 Å². The van der Waals surface area contributed by atoms with Crippen molar-refractivity contribution in [1.82, 2.24) is 0 Å². The van der Waals surface area contributed by atoms with Crippen molar-refractivity contribution < 1.29 is 0 Å². The lowest BCUT2D eigenvalue weighted by atomic mass is 10.3. The highest BCUT2D eigenvalue weighted by molar-refractivity contribution is 5.12. The zero-order valence-electron chi connectivity index (χ0n) is 7.52. The first-order valence-electron chi connectivity index (χ1n) is 3.70. The van der Waals surface area contributed by atoms with Gasteiger partial charge in [0.25, 0.3) is 0 Å². The SMILES string of the molecule is C.C=C/C=C\C=C(C)C.CC. The summed E-state index contributed by atoms with van der Waals surface area (Å²) in [6, 6.07) is 0. The van der Waals surface area contributed by atoms with Crippen LogP contribution in [0.4, 0.5) is 0 Å². The van der Waals surface area contributed by atoms with E-state index >= 15 is 0 Å². The molecule has 0 radical (unpaired) electrons. The van der Waals surface area contributed by atoms with Crippen molar-refractivity contribution in [2.75, 3.05) is 0 Å². The largest absolute Gasteiger partial charge is 0.0991 e. The van der Waals surface area contributed by atoms with Crippen LogP contribution in [0.25, 0.3) is 0 Å². The van der Waals surface area contributed by atoms with Crippen LogP contribution in [0.2, 0.25) is 0 Å². The Morgan fingerprint density at radius 1 is 1.09 bits per heavy atom. The lowest BCUT2D eigenvalue weighted by molar-refractivity contribution is 1.39. The maximum absolute atomic E-state index is 3.54. The van der Waals surface area contributed by atoms with Gasteiger partial charge in [0, 0.05) is 0 Å². The molecule has 0 N–H and O–H groups in total. The van der Waals surface area contributed by atoms with Crippen molar-refractivity contribution in [3.8, 4) is 0 Å². The molecule has 0 amide bonds. The summed E-state index contributed by atoms with van der Waals surface area (Å²) in [5.74, 6) is 0. The first kappa shape index (κ1) is 16.7. The summed E-state index contributed by atoms with van der Waals surface area (Å²) >= 11 is 0. The van der Waals surface area contributed by atoms with Gasteiger partial charge in [-0.05, 0) is 13.8 Å². The topological polar surface area (TPSA) is 0 Å². The molecule has 0 aromatic heterocycles. The van der Waals surface area contributed by atoms with Gasteiger partial charge in [-0.3, -0.25) is 0 Å². The predicted molar refractivity (Wildman–Crippen MR) is 56.8 cm³/mol. The average Bonchev–Trinajstić information content (AvgIpc) is 1.92. The molecule has 0 aliphatic heterocycles. The molecule has 0 fully saturated rings. The fraction of sp³-hybridized carbons (Fsp3) is 0.455. The van der Waals surface area contributed by atoms with Gasteiger partial charge in [0.15, 0.2) is 0 Å². The van der Waals surface area contributed by atoms with Crippen molar-refractivity contribution in [2.24, 2.45) is 0 Å². The second-order valence-electron chi connectivity index (χ2n) is 1.86.